The highest BCUT2D eigenvalue weighted by molar-refractivity contribution is 7.92. The lowest BCUT2D eigenvalue weighted by molar-refractivity contribution is 0.584. The monoisotopic (exact) mass is 269 g/mol. The van der Waals surface area contributed by atoms with Gasteiger partial charge in [-0.1, -0.05) is 0 Å². The number of halogens is 3. The lowest BCUT2D eigenvalue weighted by Gasteiger charge is -2.07. The van der Waals surface area contributed by atoms with Gasteiger partial charge in [-0.2, -0.15) is 0 Å². The second kappa shape index (κ2) is 5.45. The molecule has 0 fully saturated rings. The van der Waals surface area contributed by atoms with Crippen molar-refractivity contribution in [1.29, 1.82) is 0 Å². The smallest absolute Gasteiger partial charge is 0.232 e. The van der Waals surface area contributed by atoms with Crippen molar-refractivity contribution in [1.82, 2.24) is 0 Å². The minimum atomic E-state index is -3.60. The van der Waals surface area contributed by atoms with E-state index in [2.05, 4.69) is 4.72 Å². The van der Waals surface area contributed by atoms with Crippen LogP contribution in [0.1, 0.15) is 6.42 Å². The number of benzene rings is 1. The van der Waals surface area contributed by atoms with E-state index in [1.807, 2.05) is 0 Å². The van der Waals surface area contributed by atoms with E-state index in [0.717, 1.165) is 12.1 Å². The van der Waals surface area contributed by atoms with Crippen LogP contribution in [0.3, 0.4) is 0 Å². The minimum absolute atomic E-state index is 0.132. The van der Waals surface area contributed by atoms with Gasteiger partial charge in [0, 0.05) is 11.9 Å². The van der Waals surface area contributed by atoms with Gasteiger partial charge in [-0.3, -0.25) is 4.72 Å². The predicted molar refractivity (Wildman–Crippen MR) is 59.1 cm³/mol. The summed E-state index contributed by atoms with van der Waals surface area (Å²) in [5.41, 5.74) is -0.132. The molecule has 1 aromatic rings. The molecule has 0 amide bonds. The van der Waals surface area contributed by atoms with Crippen LogP contribution in [0, 0.1) is 11.6 Å². The third-order valence-corrected chi connectivity index (χ3v) is 3.32. The first-order valence-electron chi connectivity index (χ1n) is 4.45. The van der Waals surface area contributed by atoms with Gasteiger partial charge < -0.3 is 0 Å². The average Bonchev–Trinajstić information content (AvgIpc) is 2.12. The topological polar surface area (TPSA) is 46.2 Å². The van der Waals surface area contributed by atoms with Crippen molar-refractivity contribution >= 4 is 27.3 Å². The van der Waals surface area contributed by atoms with E-state index in [-0.39, 0.29) is 23.7 Å². The maximum atomic E-state index is 12.8. The Morgan fingerprint density at radius 1 is 1.19 bits per heavy atom. The molecule has 0 aliphatic heterocycles. The van der Waals surface area contributed by atoms with Gasteiger partial charge in [-0.05, 0) is 18.6 Å². The van der Waals surface area contributed by atoms with Crippen LogP contribution in [0.25, 0.3) is 0 Å². The first kappa shape index (κ1) is 13.2. The fraction of sp³-hybridized carbons (Fsp3) is 0.333. The molecule has 1 N–H and O–H groups in total. The highest BCUT2D eigenvalue weighted by Gasteiger charge is 2.11. The van der Waals surface area contributed by atoms with Gasteiger partial charge in [0.25, 0.3) is 0 Å². The quantitative estimate of drug-likeness (QED) is 0.834. The standard InChI is InChI=1S/C9H10ClF2NO2S/c10-2-1-3-16(14,15)13-9-5-7(11)4-8(12)6-9/h4-6,13H,1-3H2. The Bertz CT molecular complexity index is 444. The molecule has 0 saturated carbocycles. The van der Waals surface area contributed by atoms with Crippen LogP contribution in [0.15, 0.2) is 18.2 Å². The summed E-state index contributed by atoms with van der Waals surface area (Å²) in [6.07, 6.45) is 0.273. The Kier molecular flexibility index (Phi) is 4.49. The number of alkyl halides is 1. The predicted octanol–water partition coefficient (Wildman–Crippen LogP) is 2.34. The van der Waals surface area contributed by atoms with Crippen LogP contribution < -0.4 is 4.72 Å². The molecule has 0 saturated heterocycles. The molecule has 1 rings (SSSR count). The Morgan fingerprint density at radius 2 is 1.75 bits per heavy atom. The van der Waals surface area contributed by atoms with Crippen molar-refractivity contribution in [3.05, 3.63) is 29.8 Å². The van der Waals surface area contributed by atoms with Gasteiger partial charge in [-0.15, -0.1) is 11.6 Å². The van der Waals surface area contributed by atoms with Crippen molar-refractivity contribution in [2.45, 2.75) is 6.42 Å². The van der Waals surface area contributed by atoms with E-state index in [0.29, 0.717) is 6.07 Å². The van der Waals surface area contributed by atoms with Crippen molar-refractivity contribution in [2.75, 3.05) is 16.4 Å². The third kappa shape index (κ3) is 4.32. The van der Waals surface area contributed by atoms with Crippen molar-refractivity contribution < 1.29 is 17.2 Å². The lowest BCUT2D eigenvalue weighted by atomic mass is 10.3. The Labute approximate surface area is 97.5 Å². The Morgan fingerprint density at radius 3 is 2.25 bits per heavy atom. The number of nitrogens with one attached hydrogen (secondary N) is 1. The minimum Gasteiger partial charge on any atom is -0.283 e. The summed E-state index contributed by atoms with van der Waals surface area (Å²) in [4.78, 5) is 0. The first-order valence-corrected chi connectivity index (χ1v) is 6.64. The van der Waals surface area contributed by atoms with E-state index >= 15 is 0 Å². The molecule has 7 heteroatoms. The van der Waals surface area contributed by atoms with E-state index in [1.165, 1.54) is 0 Å². The van der Waals surface area contributed by atoms with Crippen molar-refractivity contribution in [3.63, 3.8) is 0 Å². The van der Waals surface area contributed by atoms with Gasteiger partial charge in [0.1, 0.15) is 11.6 Å². The highest BCUT2D eigenvalue weighted by Crippen LogP contribution is 2.14. The molecular formula is C9H10ClF2NO2S. The number of sulfonamides is 1. The highest BCUT2D eigenvalue weighted by atomic mass is 35.5. The molecule has 0 radical (unpaired) electrons. The number of hydrogen-bond donors (Lipinski definition) is 1. The molecule has 0 spiro atoms. The molecule has 0 aromatic heterocycles. The second-order valence-corrected chi connectivity index (χ2v) is 5.34. The van der Waals surface area contributed by atoms with Gasteiger partial charge in [0.15, 0.2) is 0 Å². The van der Waals surface area contributed by atoms with Crippen molar-refractivity contribution in [3.8, 4) is 0 Å². The number of anilines is 1. The second-order valence-electron chi connectivity index (χ2n) is 3.12. The Balaban J connectivity index is 2.80. The zero-order valence-electron chi connectivity index (χ0n) is 8.21. The summed E-state index contributed by atoms with van der Waals surface area (Å²) in [7, 11) is -3.60. The van der Waals surface area contributed by atoms with E-state index < -0.39 is 21.7 Å². The van der Waals surface area contributed by atoms with E-state index in [1.54, 1.807) is 0 Å². The maximum absolute atomic E-state index is 12.8. The molecule has 90 valence electrons. The SMILES string of the molecule is O=S(=O)(CCCCl)Nc1cc(F)cc(F)c1. The third-order valence-electron chi connectivity index (χ3n) is 1.68. The van der Waals surface area contributed by atoms with Crippen molar-refractivity contribution in [2.24, 2.45) is 0 Å². The molecule has 1 aromatic carbocycles. The summed E-state index contributed by atoms with van der Waals surface area (Å²) in [5.74, 6) is -1.65. The van der Waals surface area contributed by atoms with Gasteiger partial charge in [0.2, 0.25) is 10.0 Å². The summed E-state index contributed by atoms with van der Waals surface area (Å²) < 4.78 is 50.3. The number of rotatable bonds is 5. The molecule has 0 atom stereocenters. The maximum Gasteiger partial charge on any atom is 0.232 e. The molecule has 0 unspecified atom stereocenters. The first-order chi connectivity index (χ1) is 7.43. The molecular weight excluding hydrogens is 260 g/mol. The number of hydrogen-bond acceptors (Lipinski definition) is 2. The molecule has 16 heavy (non-hydrogen) atoms. The van der Waals surface area contributed by atoms with Crippen LogP contribution in [0.4, 0.5) is 14.5 Å². The van der Waals surface area contributed by atoms with Gasteiger partial charge in [0.05, 0.1) is 11.4 Å². The van der Waals surface area contributed by atoms with Crippen LogP contribution in [-0.4, -0.2) is 20.1 Å². The molecule has 0 aliphatic rings. The normalized spacial score (nSPS) is 11.4. The zero-order valence-corrected chi connectivity index (χ0v) is 9.78. The summed E-state index contributed by atoms with van der Waals surface area (Å²) in [5, 5.41) is 0. The Hall–Kier alpha value is -0.880. The molecule has 3 nitrogen and oxygen atoms in total. The fourth-order valence-electron chi connectivity index (χ4n) is 1.09. The summed E-state index contributed by atoms with van der Waals surface area (Å²) in [6, 6.07) is 2.47. The average molecular weight is 270 g/mol. The molecule has 0 aliphatic carbocycles. The zero-order chi connectivity index (χ0) is 12.2. The van der Waals surface area contributed by atoms with Crippen LogP contribution in [0.2, 0.25) is 0 Å². The summed E-state index contributed by atoms with van der Waals surface area (Å²) >= 11 is 5.35. The van der Waals surface area contributed by atoms with Crippen LogP contribution in [0.5, 0.6) is 0 Å². The molecule has 0 bridgehead atoms. The van der Waals surface area contributed by atoms with Gasteiger partial charge >= 0.3 is 0 Å². The fourth-order valence-corrected chi connectivity index (χ4v) is 2.48. The summed E-state index contributed by atoms with van der Waals surface area (Å²) in [6.45, 7) is 0. The largest absolute Gasteiger partial charge is 0.283 e. The van der Waals surface area contributed by atoms with Crippen LogP contribution >= 0.6 is 11.6 Å². The molecule has 0 heterocycles. The van der Waals surface area contributed by atoms with E-state index in [4.69, 9.17) is 11.6 Å². The lowest BCUT2D eigenvalue weighted by Crippen LogP contribution is -2.17. The van der Waals surface area contributed by atoms with E-state index in [9.17, 15) is 17.2 Å². The van der Waals surface area contributed by atoms with Crippen LogP contribution in [-0.2, 0) is 10.0 Å². The van der Waals surface area contributed by atoms with Gasteiger partial charge in [-0.25, -0.2) is 17.2 Å².